The van der Waals surface area contributed by atoms with Crippen LogP contribution in [0, 0.1) is 5.92 Å². The van der Waals surface area contributed by atoms with Gasteiger partial charge in [0, 0.05) is 19.1 Å². The van der Waals surface area contributed by atoms with Crippen molar-refractivity contribution in [2.75, 3.05) is 19.6 Å². The van der Waals surface area contributed by atoms with Crippen LogP contribution in [0.5, 0.6) is 0 Å². The van der Waals surface area contributed by atoms with Crippen molar-refractivity contribution in [2.24, 2.45) is 11.7 Å². The second-order valence-corrected chi connectivity index (χ2v) is 4.25. The van der Waals surface area contributed by atoms with Crippen molar-refractivity contribution in [3.05, 3.63) is 0 Å². The van der Waals surface area contributed by atoms with E-state index < -0.39 is 37.9 Å². The highest BCUT2D eigenvalue weighted by Crippen LogP contribution is 2.33. The molecule has 0 bridgehead atoms. The monoisotopic (exact) mass is 264 g/mol. The lowest BCUT2D eigenvalue weighted by Gasteiger charge is -2.28. The van der Waals surface area contributed by atoms with Gasteiger partial charge in [-0.05, 0) is 12.8 Å². The van der Waals surface area contributed by atoms with E-state index in [1.807, 2.05) is 0 Å². The molecule has 2 nitrogen and oxygen atoms in total. The molecule has 1 unspecified atom stereocenters. The molecular formula is C9H14F6N2. The molecule has 1 atom stereocenters. The summed E-state index contributed by atoms with van der Waals surface area (Å²) in [4.78, 5) is 0.838. The Balaban J connectivity index is 2.59. The fraction of sp³-hybridized carbons (Fsp3) is 1.00. The van der Waals surface area contributed by atoms with Gasteiger partial charge in [0.15, 0.2) is 0 Å². The topological polar surface area (TPSA) is 29.3 Å². The van der Waals surface area contributed by atoms with Gasteiger partial charge in [-0.3, -0.25) is 4.90 Å². The van der Waals surface area contributed by atoms with Gasteiger partial charge in [-0.15, -0.1) is 0 Å². The average molecular weight is 264 g/mol. The lowest BCUT2D eigenvalue weighted by molar-refractivity contribution is -0.187. The maximum atomic E-state index is 12.4. The molecule has 0 saturated heterocycles. The Bertz CT molecular complexity index is 245. The van der Waals surface area contributed by atoms with Crippen LogP contribution in [-0.2, 0) is 0 Å². The quantitative estimate of drug-likeness (QED) is 0.771. The highest BCUT2D eigenvalue weighted by molar-refractivity contribution is 4.88. The molecule has 0 aromatic heterocycles. The molecule has 1 rings (SSSR count). The molecule has 1 fully saturated rings. The van der Waals surface area contributed by atoms with Gasteiger partial charge in [-0.2, -0.15) is 26.3 Å². The molecule has 0 heterocycles. The van der Waals surface area contributed by atoms with Crippen molar-refractivity contribution in [3.8, 4) is 0 Å². The molecule has 0 aromatic carbocycles. The molecule has 0 radical (unpaired) electrons. The summed E-state index contributed by atoms with van der Waals surface area (Å²) in [5.41, 5.74) is 4.96. The van der Waals surface area contributed by atoms with Gasteiger partial charge in [0.1, 0.15) is 0 Å². The summed E-state index contributed by atoms with van der Waals surface area (Å²) in [6.45, 7) is -2.67. The summed E-state index contributed by atoms with van der Waals surface area (Å²) >= 11 is 0. The van der Waals surface area contributed by atoms with E-state index in [9.17, 15) is 26.3 Å². The third-order valence-corrected chi connectivity index (χ3v) is 2.65. The molecular weight excluding hydrogens is 250 g/mol. The van der Waals surface area contributed by atoms with Crippen LogP contribution in [0.15, 0.2) is 0 Å². The van der Waals surface area contributed by atoms with E-state index in [1.165, 1.54) is 0 Å². The van der Waals surface area contributed by atoms with Gasteiger partial charge in [0.05, 0.1) is 12.5 Å². The number of hydrogen-bond acceptors (Lipinski definition) is 2. The maximum Gasteiger partial charge on any atom is 0.401 e. The second kappa shape index (κ2) is 5.01. The Morgan fingerprint density at radius 3 is 1.94 bits per heavy atom. The van der Waals surface area contributed by atoms with Crippen molar-refractivity contribution in [3.63, 3.8) is 0 Å². The summed E-state index contributed by atoms with van der Waals surface area (Å²) in [6.07, 6.45) is -7.99. The van der Waals surface area contributed by atoms with Crippen LogP contribution in [0.25, 0.3) is 0 Å². The normalized spacial score (nSPS) is 19.8. The van der Waals surface area contributed by atoms with Crippen molar-refractivity contribution in [1.29, 1.82) is 0 Å². The fourth-order valence-electron chi connectivity index (χ4n) is 1.61. The Kier molecular flexibility index (Phi) is 4.29. The first-order valence-electron chi connectivity index (χ1n) is 5.21. The second-order valence-electron chi connectivity index (χ2n) is 4.25. The van der Waals surface area contributed by atoms with Crippen LogP contribution >= 0.6 is 0 Å². The number of nitrogens with two attached hydrogens (primary N) is 1. The first kappa shape index (κ1) is 14.6. The van der Waals surface area contributed by atoms with Gasteiger partial charge in [0.25, 0.3) is 0 Å². The Morgan fingerprint density at radius 1 is 1.12 bits per heavy atom. The van der Waals surface area contributed by atoms with Gasteiger partial charge < -0.3 is 5.73 Å². The van der Waals surface area contributed by atoms with Gasteiger partial charge in [-0.25, -0.2) is 0 Å². The van der Waals surface area contributed by atoms with E-state index in [1.54, 1.807) is 0 Å². The van der Waals surface area contributed by atoms with Gasteiger partial charge in [-0.1, -0.05) is 0 Å². The molecule has 0 spiro atoms. The predicted molar refractivity (Wildman–Crippen MR) is 49.2 cm³/mol. The zero-order chi connectivity index (χ0) is 13.3. The average Bonchev–Trinajstić information content (AvgIpc) is 2.90. The van der Waals surface area contributed by atoms with Crippen LogP contribution in [-0.4, -0.2) is 42.9 Å². The molecule has 8 heteroatoms. The van der Waals surface area contributed by atoms with E-state index >= 15 is 0 Å². The zero-order valence-electron chi connectivity index (χ0n) is 8.98. The Hall–Kier alpha value is -0.500. The minimum absolute atomic E-state index is 0.381. The molecule has 0 aliphatic heterocycles. The highest BCUT2D eigenvalue weighted by Gasteiger charge is 2.44. The standard InChI is InChI=1S/C9H14F6N2/c10-8(11,12)5-17(7-1-2-7)4-6(3-16)9(13,14)15/h6-7H,1-5,16H2. The number of alkyl halides is 6. The van der Waals surface area contributed by atoms with E-state index in [-0.39, 0.29) is 6.04 Å². The molecule has 0 amide bonds. The smallest absolute Gasteiger partial charge is 0.330 e. The number of halogens is 6. The summed E-state index contributed by atoms with van der Waals surface area (Å²) in [5, 5.41) is 0. The first-order chi connectivity index (χ1) is 7.63. The molecule has 102 valence electrons. The molecule has 1 saturated carbocycles. The van der Waals surface area contributed by atoms with Crippen molar-refractivity contribution in [2.45, 2.75) is 31.2 Å². The third-order valence-electron chi connectivity index (χ3n) is 2.65. The van der Waals surface area contributed by atoms with Crippen LogP contribution < -0.4 is 5.73 Å². The molecule has 1 aliphatic carbocycles. The molecule has 1 aliphatic rings. The van der Waals surface area contributed by atoms with Crippen molar-refractivity contribution < 1.29 is 26.3 Å². The van der Waals surface area contributed by atoms with E-state index in [2.05, 4.69) is 0 Å². The summed E-state index contributed by atoms with van der Waals surface area (Å²) in [6, 6.07) is -0.381. The minimum atomic E-state index is -4.55. The summed E-state index contributed by atoms with van der Waals surface area (Å²) in [5.74, 6) is -1.90. The Morgan fingerprint density at radius 2 is 1.65 bits per heavy atom. The summed E-state index contributed by atoms with van der Waals surface area (Å²) in [7, 11) is 0. The fourth-order valence-corrected chi connectivity index (χ4v) is 1.61. The van der Waals surface area contributed by atoms with Gasteiger partial charge >= 0.3 is 12.4 Å². The minimum Gasteiger partial charge on any atom is -0.330 e. The molecule has 2 N–H and O–H groups in total. The van der Waals surface area contributed by atoms with Crippen LogP contribution in [0.2, 0.25) is 0 Å². The van der Waals surface area contributed by atoms with Crippen molar-refractivity contribution >= 4 is 0 Å². The largest absolute Gasteiger partial charge is 0.401 e. The maximum absolute atomic E-state index is 12.4. The van der Waals surface area contributed by atoms with Crippen LogP contribution in [0.3, 0.4) is 0 Å². The van der Waals surface area contributed by atoms with E-state index in [0.29, 0.717) is 12.8 Å². The summed E-state index contributed by atoms with van der Waals surface area (Å²) < 4.78 is 73.8. The number of nitrogens with zero attached hydrogens (tertiary/aromatic N) is 1. The van der Waals surface area contributed by atoms with E-state index in [0.717, 1.165) is 4.90 Å². The SMILES string of the molecule is NCC(CN(CC(F)(F)F)C1CC1)C(F)(F)F. The number of hydrogen-bond donors (Lipinski definition) is 1. The lowest BCUT2D eigenvalue weighted by atomic mass is 10.1. The molecule has 17 heavy (non-hydrogen) atoms. The predicted octanol–water partition coefficient (Wildman–Crippen LogP) is 2.15. The van der Waals surface area contributed by atoms with Crippen molar-refractivity contribution in [1.82, 2.24) is 4.90 Å². The van der Waals surface area contributed by atoms with E-state index in [4.69, 9.17) is 5.73 Å². The van der Waals surface area contributed by atoms with Crippen LogP contribution in [0.1, 0.15) is 12.8 Å². The molecule has 0 aromatic rings. The van der Waals surface area contributed by atoms with Crippen LogP contribution in [0.4, 0.5) is 26.3 Å². The highest BCUT2D eigenvalue weighted by atomic mass is 19.4. The Labute approximate surface area is 94.7 Å². The first-order valence-corrected chi connectivity index (χ1v) is 5.21. The third kappa shape index (κ3) is 5.12. The zero-order valence-corrected chi connectivity index (χ0v) is 8.98. The lowest BCUT2D eigenvalue weighted by Crippen LogP contribution is -2.45. The number of rotatable bonds is 5. The van der Waals surface area contributed by atoms with Gasteiger partial charge in [0.2, 0.25) is 0 Å².